The number of nitrogens with one attached hydrogen (secondary N) is 1. The minimum Gasteiger partial charge on any atom is -0.352 e. The van der Waals surface area contributed by atoms with Crippen LogP contribution in [0.25, 0.3) is 0 Å². The molecule has 0 aliphatic carbocycles. The maximum absolute atomic E-state index is 13.2. The third-order valence-corrected chi connectivity index (χ3v) is 5.00. The summed E-state index contributed by atoms with van der Waals surface area (Å²) in [5, 5.41) is 3.00. The lowest BCUT2D eigenvalue weighted by molar-refractivity contribution is -0.140. The fraction of sp³-hybridized carbons (Fsp3) is 0.417. The molecule has 2 amide bonds. The van der Waals surface area contributed by atoms with Crippen molar-refractivity contribution in [2.75, 3.05) is 0 Å². The summed E-state index contributed by atoms with van der Waals surface area (Å²) in [6.07, 6.45) is 1.14. The Kier molecular flexibility index (Phi) is 7.80. The minimum atomic E-state index is -0.535. The molecular formula is C24H32N2O2. The van der Waals surface area contributed by atoms with Crippen LogP contribution in [-0.4, -0.2) is 28.8 Å². The number of aryl methyl sites for hydroxylation is 2. The highest BCUT2D eigenvalue weighted by Gasteiger charge is 2.26. The topological polar surface area (TPSA) is 49.4 Å². The van der Waals surface area contributed by atoms with Crippen molar-refractivity contribution < 1.29 is 9.59 Å². The highest BCUT2D eigenvalue weighted by Crippen LogP contribution is 2.15. The van der Waals surface area contributed by atoms with Gasteiger partial charge in [-0.25, -0.2) is 0 Å². The number of amides is 2. The van der Waals surface area contributed by atoms with Crippen LogP contribution in [-0.2, 0) is 22.6 Å². The van der Waals surface area contributed by atoms with Crippen molar-refractivity contribution in [1.29, 1.82) is 0 Å². The van der Waals surface area contributed by atoms with Crippen LogP contribution in [0.1, 0.15) is 49.4 Å². The molecule has 2 aromatic carbocycles. The van der Waals surface area contributed by atoms with Crippen LogP contribution in [0.3, 0.4) is 0 Å². The number of hydrogen-bond acceptors (Lipinski definition) is 2. The highest BCUT2D eigenvalue weighted by atomic mass is 16.2. The SMILES string of the molecule is CC[C@H](C)NC(=O)[C@H](C)N(Cc1ccccc1)C(=O)Cc1cc(C)cc(C)c1. The molecule has 0 bridgehead atoms. The van der Waals surface area contributed by atoms with E-state index in [-0.39, 0.29) is 24.3 Å². The molecule has 0 radical (unpaired) electrons. The molecule has 0 aliphatic heterocycles. The van der Waals surface area contributed by atoms with Crippen molar-refractivity contribution in [3.05, 3.63) is 70.8 Å². The molecule has 2 aromatic rings. The number of carbonyl (C=O) groups is 2. The second-order valence-corrected chi connectivity index (χ2v) is 7.67. The molecule has 0 saturated heterocycles. The van der Waals surface area contributed by atoms with Crippen LogP contribution in [0.5, 0.6) is 0 Å². The van der Waals surface area contributed by atoms with E-state index in [1.54, 1.807) is 11.8 Å². The van der Waals surface area contributed by atoms with E-state index in [1.807, 2.05) is 70.2 Å². The van der Waals surface area contributed by atoms with Gasteiger partial charge < -0.3 is 10.2 Å². The molecule has 4 heteroatoms. The molecular weight excluding hydrogens is 348 g/mol. The molecule has 2 atom stereocenters. The van der Waals surface area contributed by atoms with Crippen molar-refractivity contribution in [2.45, 2.75) is 66.1 Å². The third-order valence-electron chi connectivity index (χ3n) is 5.00. The van der Waals surface area contributed by atoms with E-state index in [2.05, 4.69) is 11.4 Å². The van der Waals surface area contributed by atoms with E-state index in [0.29, 0.717) is 6.54 Å². The van der Waals surface area contributed by atoms with Gasteiger partial charge in [0.2, 0.25) is 11.8 Å². The number of nitrogens with zero attached hydrogens (tertiary/aromatic N) is 1. The van der Waals surface area contributed by atoms with Crippen LogP contribution >= 0.6 is 0 Å². The zero-order valence-corrected chi connectivity index (χ0v) is 17.7. The van der Waals surface area contributed by atoms with Crippen LogP contribution in [0.15, 0.2) is 48.5 Å². The fourth-order valence-electron chi connectivity index (χ4n) is 3.28. The molecule has 0 saturated carbocycles. The van der Waals surface area contributed by atoms with Gasteiger partial charge in [0, 0.05) is 12.6 Å². The smallest absolute Gasteiger partial charge is 0.242 e. The van der Waals surface area contributed by atoms with Gasteiger partial charge in [0.15, 0.2) is 0 Å². The molecule has 150 valence electrons. The summed E-state index contributed by atoms with van der Waals surface area (Å²) in [7, 11) is 0. The van der Waals surface area contributed by atoms with E-state index in [1.165, 1.54) is 0 Å². The maximum atomic E-state index is 13.2. The standard InChI is InChI=1S/C24H32N2O2/c1-6-19(4)25-24(28)20(5)26(16-21-10-8-7-9-11-21)23(27)15-22-13-17(2)12-18(3)14-22/h7-14,19-20H,6,15-16H2,1-5H3,(H,25,28)/t19-,20-/m0/s1. The second-order valence-electron chi connectivity index (χ2n) is 7.67. The highest BCUT2D eigenvalue weighted by molar-refractivity contribution is 5.88. The first-order valence-corrected chi connectivity index (χ1v) is 10.0. The van der Waals surface area contributed by atoms with Gasteiger partial charge in [-0.15, -0.1) is 0 Å². The molecule has 0 heterocycles. The summed E-state index contributed by atoms with van der Waals surface area (Å²) in [4.78, 5) is 27.6. The Bertz CT molecular complexity index is 781. The van der Waals surface area contributed by atoms with Crippen LogP contribution < -0.4 is 5.32 Å². The Morgan fingerprint density at radius 3 is 2.14 bits per heavy atom. The number of rotatable bonds is 8. The lowest BCUT2D eigenvalue weighted by Crippen LogP contribution is -2.49. The first-order valence-electron chi connectivity index (χ1n) is 10.0. The molecule has 0 aliphatic rings. The van der Waals surface area contributed by atoms with Crippen LogP contribution in [0.2, 0.25) is 0 Å². The minimum absolute atomic E-state index is 0.0411. The molecule has 28 heavy (non-hydrogen) atoms. The maximum Gasteiger partial charge on any atom is 0.242 e. The molecule has 2 rings (SSSR count). The van der Waals surface area contributed by atoms with Gasteiger partial charge >= 0.3 is 0 Å². The Labute approximate surface area is 169 Å². The lowest BCUT2D eigenvalue weighted by Gasteiger charge is -2.30. The summed E-state index contributed by atoms with van der Waals surface area (Å²) >= 11 is 0. The van der Waals surface area contributed by atoms with Crippen LogP contribution in [0.4, 0.5) is 0 Å². The first kappa shape index (κ1) is 21.7. The quantitative estimate of drug-likeness (QED) is 0.747. The van der Waals surface area contributed by atoms with E-state index < -0.39 is 6.04 Å². The van der Waals surface area contributed by atoms with E-state index >= 15 is 0 Å². The summed E-state index contributed by atoms with van der Waals surface area (Å²) in [6.45, 7) is 10.3. The monoisotopic (exact) mass is 380 g/mol. The van der Waals surface area contributed by atoms with Crippen LogP contribution in [0, 0.1) is 13.8 Å². The van der Waals surface area contributed by atoms with Gasteiger partial charge in [0.25, 0.3) is 0 Å². The van der Waals surface area contributed by atoms with Crippen molar-refractivity contribution in [1.82, 2.24) is 10.2 Å². The van der Waals surface area contributed by atoms with Gasteiger partial charge in [-0.1, -0.05) is 66.6 Å². The molecule has 4 nitrogen and oxygen atoms in total. The summed E-state index contributed by atoms with van der Waals surface area (Å²) in [6, 6.07) is 15.5. The molecule has 0 unspecified atom stereocenters. The molecule has 1 N–H and O–H groups in total. The zero-order chi connectivity index (χ0) is 20.7. The Morgan fingerprint density at radius 1 is 0.964 bits per heavy atom. The van der Waals surface area contributed by atoms with Gasteiger partial charge in [0.05, 0.1) is 6.42 Å². The Balaban J connectivity index is 2.23. The van der Waals surface area contributed by atoms with Crippen molar-refractivity contribution >= 4 is 11.8 Å². The van der Waals surface area contributed by atoms with Gasteiger partial charge in [-0.05, 0) is 45.2 Å². The van der Waals surface area contributed by atoms with Crippen molar-refractivity contribution in [3.8, 4) is 0 Å². The van der Waals surface area contributed by atoms with E-state index in [9.17, 15) is 9.59 Å². The van der Waals surface area contributed by atoms with E-state index in [0.717, 1.165) is 28.7 Å². The molecule has 0 spiro atoms. The average Bonchev–Trinajstić information content (AvgIpc) is 2.65. The summed E-state index contributed by atoms with van der Waals surface area (Å²) < 4.78 is 0. The van der Waals surface area contributed by atoms with Gasteiger partial charge in [-0.2, -0.15) is 0 Å². The van der Waals surface area contributed by atoms with Gasteiger partial charge in [0.1, 0.15) is 6.04 Å². The molecule has 0 fully saturated rings. The van der Waals surface area contributed by atoms with Gasteiger partial charge in [-0.3, -0.25) is 9.59 Å². The normalized spacial score (nSPS) is 12.9. The lowest BCUT2D eigenvalue weighted by atomic mass is 10.0. The van der Waals surface area contributed by atoms with Crippen molar-refractivity contribution in [2.24, 2.45) is 0 Å². The Morgan fingerprint density at radius 2 is 1.57 bits per heavy atom. The largest absolute Gasteiger partial charge is 0.352 e. The predicted octanol–water partition coefficient (Wildman–Crippen LogP) is 4.18. The Hall–Kier alpha value is -2.62. The number of carbonyl (C=O) groups excluding carboxylic acids is 2. The third kappa shape index (κ3) is 6.22. The summed E-state index contributed by atoms with van der Waals surface area (Å²) in [5.41, 5.74) is 4.27. The summed E-state index contributed by atoms with van der Waals surface area (Å²) in [5.74, 6) is -0.153. The number of benzene rings is 2. The first-order chi connectivity index (χ1) is 13.3. The number of hydrogen-bond donors (Lipinski definition) is 1. The van der Waals surface area contributed by atoms with E-state index in [4.69, 9.17) is 0 Å². The average molecular weight is 381 g/mol. The molecule has 0 aromatic heterocycles. The second kappa shape index (κ2) is 10.1. The van der Waals surface area contributed by atoms with Crippen molar-refractivity contribution in [3.63, 3.8) is 0 Å². The predicted molar refractivity (Wildman–Crippen MR) is 114 cm³/mol. The zero-order valence-electron chi connectivity index (χ0n) is 17.7. The fourth-order valence-corrected chi connectivity index (χ4v) is 3.28.